The molecule has 0 spiro atoms. The smallest absolute Gasteiger partial charge is 0.193 e. The molecule has 0 aliphatic heterocycles. The number of hydrogen-bond donors (Lipinski definition) is 0. The van der Waals surface area contributed by atoms with Crippen LogP contribution >= 0.6 is 0 Å². The van der Waals surface area contributed by atoms with Crippen molar-refractivity contribution in [3.8, 4) is 0 Å². The molecule has 0 N–H and O–H groups in total. The second-order valence-electron chi connectivity index (χ2n) is 5.05. The molecule has 3 rings (SSSR count). The maximum atomic E-state index is 12.7. The minimum absolute atomic E-state index is 0.0332. The maximum Gasteiger partial charge on any atom is 0.193 e. The Morgan fingerprint density at radius 2 is 1.52 bits per heavy atom. The number of hydrogen-bond acceptors (Lipinski definition) is 2. The number of Topliss-reactive ketones (excluding diaryl/α,β-unsaturated/α-hetero) is 1. The van der Waals surface area contributed by atoms with Crippen LogP contribution in [0.2, 0.25) is 0 Å². The lowest BCUT2D eigenvalue weighted by atomic mass is 10.0. The highest BCUT2D eigenvalue weighted by Gasteiger charge is 2.10. The van der Waals surface area contributed by atoms with Gasteiger partial charge in [0.25, 0.3) is 0 Å². The van der Waals surface area contributed by atoms with Gasteiger partial charge in [-0.2, -0.15) is 0 Å². The predicted molar refractivity (Wildman–Crippen MR) is 92.9 cm³/mol. The topological polar surface area (TPSA) is 30.2 Å². The van der Waals surface area contributed by atoms with Gasteiger partial charge in [0.2, 0.25) is 0 Å². The van der Waals surface area contributed by atoms with Crippen LogP contribution in [-0.4, -0.2) is 5.78 Å². The van der Waals surface area contributed by atoms with Gasteiger partial charge in [0.05, 0.1) is 6.26 Å². The third kappa shape index (κ3) is 3.95. The van der Waals surface area contributed by atoms with E-state index in [1.165, 1.54) is 0 Å². The van der Waals surface area contributed by atoms with Crippen molar-refractivity contribution >= 4 is 17.9 Å². The molecule has 0 radical (unpaired) electrons. The third-order valence-electron chi connectivity index (χ3n) is 3.39. The number of carbonyl (C=O) groups is 1. The van der Waals surface area contributed by atoms with Crippen molar-refractivity contribution in [2.75, 3.05) is 0 Å². The molecule has 2 aromatic carbocycles. The molecule has 0 unspecified atom stereocenters. The van der Waals surface area contributed by atoms with Gasteiger partial charge in [0, 0.05) is 11.1 Å². The SMILES string of the molecule is O=C(C(=Cc1ccco1)/C=C/c1ccccc1)c1ccccc1. The monoisotopic (exact) mass is 300 g/mol. The molecule has 0 aliphatic carbocycles. The predicted octanol–water partition coefficient (Wildman–Crippen LogP) is 5.26. The van der Waals surface area contributed by atoms with Gasteiger partial charge in [-0.3, -0.25) is 4.79 Å². The molecule has 0 amide bonds. The molecule has 0 saturated carbocycles. The molecule has 1 aromatic heterocycles. The summed E-state index contributed by atoms with van der Waals surface area (Å²) in [6, 6.07) is 22.8. The zero-order chi connectivity index (χ0) is 15.9. The first-order valence-corrected chi connectivity index (χ1v) is 7.41. The van der Waals surface area contributed by atoms with E-state index in [1.54, 1.807) is 18.4 Å². The van der Waals surface area contributed by atoms with E-state index in [9.17, 15) is 4.79 Å². The van der Waals surface area contributed by atoms with Crippen molar-refractivity contribution in [1.29, 1.82) is 0 Å². The highest BCUT2D eigenvalue weighted by atomic mass is 16.3. The van der Waals surface area contributed by atoms with Crippen molar-refractivity contribution in [3.05, 3.63) is 108 Å². The molecule has 0 atom stereocenters. The van der Waals surface area contributed by atoms with Gasteiger partial charge in [0.15, 0.2) is 5.78 Å². The van der Waals surface area contributed by atoms with E-state index in [0.29, 0.717) is 16.9 Å². The van der Waals surface area contributed by atoms with Crippen molar-refractivity contribution in [2.24, 2.45) is 0 Å². The summed E-state index contributed by atoms with van der Waals surface area (Å²) in [6.07, 6.45) is 7.11. The lowest BCUT2D eigenvalue weighted by Crippen LogP contribution is -2.01. The van der Waals surface area contributed by atoms with E-state index >= 15 is 0 Å². The fraction of sp³-hybridized carbons (Fsp3) is 0. The summed E-state index contributed by atoms with van der Waals surface area (Å²) in [4.78, 5) is 12.7. The maximum absolute atomic E-state index is 12.7. The van der Waals surface area contributed by atoms with E-state index in [1.807, 2.05) is 78.9 Å². The minimum atomic E-state index is -0.0332. The van der Waals surface area contributed by atoms with Crippen molar-refractivity contribution in [3.63, 3.8) is 0 Å². The lowest BCUT2D eigenvalue weighted by Gasteiger charge is -2.02. The van der Waals surface area contributed by atoms with Gasteiger partial charge < -0.3 is 4.42 Å². The fourth-order valence-electron chi connectivity index (χ4n) is 2.22. The Balaban J connectivity index is 1.94. The zero-order valence-corrected chi connectivity index (χ0v) is 12.6. The van der Waals surface area contributed by atoms with E-state index < -0.39 is 0 Å². The van der Waals surface area contributed by atoms with Gasteiger partial charge in [-0.05, 0) is 23.8 Å². The fourth-order valence-corrected chi connectivity index (χ4v) is 2.22. The third-order valence-corrected chi connectivity index (χ3v) is 3.39. The van der Waals surface area contributed by atoms with Crippen LogP contribution in [0, 0.1) is 0 Å². The van der Waals surface area contributed by atoms with Crippen LogP contribution in [0.15, 0.2) is 95.1 Å². The summed E-state index contributed by atoms with van der Waals surface area (Å²) in [7, 11) is 0. The van der Waals surface area contributed by atoms with Crippen LogP contribution in [0.3, 0.4) is 0 Å². The van der Waals surface area contributed by atoms with Gasteiger partial charge >= 0.3 is 0 Å². The molecule has 23 heavy (non-hydrogen) atoms. The molecule has 0 aliphatic rings. The molecule has 3 aromatic rings. The van der Waals surface area contributed by atoms with E-state index in [0.717, 1.165) is 5.56 Å². The normalized spacial score (nSPS) is 11.7. The van der Waals surface area contributed by atoms with Crippen molar-refractivity contribution in [2.45, 2.75) is 0 Å². The van der Waals surface area contributed by atoms with Gasteiger partial charge in [-0.15, -0.1) is 0 Å². The highest BCUT2D eigenvalue weighted by Crippen LogP contribution is 2.16. The van der Waals surface area contributed by atoms with Crippen LogP contribution in [-0.2, 0) is 0 Å². The second kappa shape index (κ2) is 7.23. The number of carbonyl (C=O) groups excluding carboxylic acids is 1. The quantitative estimate of drug-likeness (QED) is 0.365. The number of ketones is 1. The number of rotatable bonds is 5. The van der Waals surface area contributed by atoms with Crippen LogP contribution in [0.25, 0.3) is 12.2 Å². The van der Waals surface area contributed by atoms with E-state index in [4.69, 9.17) is 4.42 Å². The summed E-state index contributed by atoms with van der Waals surface area (Å²) >= 11 is 0. The van der Waals surface area contributed by atoms with Crippen LogP contribution in [0.5, 0.6) is 0 Å². The Bertz CT molecular complexity index is 811. The molecule has 0 saturated heterocycles. The van der Waals surface area contributed by atoms with Crippen molar-refractivity contribution in [1.82, 2.24) is 0 Å². The van der Waals surface area contributed by atoms with Gasteiger partial charge in [-0.25, -0.2) is 0 Å². The Kier molecular flexibility index (Phi) is 4.65. The minimum Gasteiger partial charge on any atom is -0.465 e. The van der Waals surface area contributed by atoms with Gasteiger partial charge in [-0.1, -0.05) is 72.8 Å². The summed E-state index contributed by atoms with van der Waals surface area (Å²) < 4.78 is 5.34. The lowest BCUT2D eigenvalue weighted by molar-refractivity contribution is 0.103. The Hall–Kier alpha value is -3.13. The molecule has 0 bridgehead atoms. The molecule has 0 fully saturated rings. The van der Waals surface area contributed by atoms with Crippen LogP contribution in [0.1, 0.15) is 21.7 Å². The van der Waals surface area contributed by atoms with Crippen LogP contribution < -0.4 is 0 Å². The summed E-state index contributed by atoms with van der Waals surface area (Å²) in [5.74, 6) is 0.621. The Morgan fingerprint density at radius 1 is 0.826 bits per heavy atom. The highest BCUT2D eigenvalue weighted by molar-refractivity contribution is 6.13. The van der Waals surface area contributed by atoms with Crippen molar-refractivity contribution < 1.29 is 9.21 Å². The molecule has 112 valence electrons. The molecule has 1 heterocycles. The van der Waals surface area contributed by atoms with E-state index in [-0.39, 0.29) is 5.78 Å². The molecular weight excluding hydrogens is 284 g/mol. The first-order valence-electron chi connectivity index (χ1n) is 7.41. The van der Waals surface area contributed by atoms with Crippen LogP contribution in [0.4, 0.5) is 0 Å². The standard InChI is InChI=1S/C21H16O2/c22-21(18-10-5-2-6-11-18)19(16-20-12-7-15-23-20)14-13-17-8-3-1-4-9-17/h1-16H/b14-13+,19-16?. The molecule has 2 heteroatoms. The zero-order valence-electron chi connectivity index (χ0n) is 12.6. The number of allylic oxidation sites excluding steroid dienone is 2. The number of furan rings is 1. The molecular formula is C21H16O2. The Morgan fingerprint density at radius 3 is 2.17 bits per heavy atom. The first kappa shape index (κ1) is 14.8. The van der Waals surface area contributed by atoms with Gasteiger partial charge in [0.1, 0.15) is 5.76 Å². The first-order chi connectivity index (χ1) is 11.3. The largest absolute Gasteiger partial charge is 0.465 e. The summed E-state index contributed by atoms with van der Waals surface area (Å²) in [6.45, 7) is 0. The Labute approximate surface area is 135 Å². The summed E-state index contributed by atoms with van der Waals surface area (Å²) in [5.41, 5.74) is 2.27. The summed E-state index contributed by atoms with van der Waals surface area (Å²) in [5, 5.41) is 0. The number of benzene rings is 2. The average molecular weight is 300 g/mol. The average Bonchev–Trinajstić information content (AvgIpc) is 3.13. The van der Waals surface area contributed by atoms with E-state index in [2.05, 4.69) is 0 Å². The second-order valence-corrected chi connectivity index (χ2v) is 5.05. The molecule has 2 nitrogen and oxygen atoms in total.